The fraction of sp³-hybridized carbons (Fsp3) is 0.579. The highest BCUT2D eigenvalue weighted by Gasteiger charge is 2.27. The predicted octanol–water partition coefficient (Wildman–Crippen LogP) is 2.83. The Labute approximate surface area is 154 Å². The van der Waals surface area contributed by atoms with E-state index in [-0.39, 0.29) is 18.0 Å². The van der Waals surface area contributed by atoms with Crippen LogP contribution in [0.15, 0.2) is 18.2 Å². The smallest absolute Gasteiger partial charge is 0.410 e. The third kappa shape index (κ3) is 5.28. The van der Waals surface area contributed by atoms with E-state index in [1.165, 1.54) is 7.11 Å². The first-order valence-corrected chi connectivity index (χ1v) is 8.74. The summed E-state index contributed by atoms with van der Waals surface area (Å²) in [6, 6.07) is 5.09. The number of carbonyl (C=O) groups excluding carboxylic acids is 2. The number of hydrogen-bond acceptors (Lipinski definition) is 5. The molecule has 2 amide bonds. The summed E-state index contributed by atoms with van der Waals surface area (Å²) in [5.74, 6) is 0.927. The number of ether oxygens (including phenoxy) is 3. The SMILES string of the molecule is COc1ccc(C(=O)NC2CCN(C(=O)OC(C)(C)C)CC2)cc1OC. The molecule has 1 N–H and O–H groups in total. The molecule has 0 saturated carbocycles. The van der Waals surface area contributed by atoms with Gasteiger partial charge in [-0.2, -0.15) is 0 Å². The van der Waals surface area contributed by atoms with Crippen LogP contribution < -0.4 is 14.8 Å². The molecule has 1 aromatic rings. The fourth-order valence-corrected chi connectivity index (χ4v) is 2.78. The lowest BCUT2D eigenvalue weighted by atomic mass is 10.0. The van der Waals surface area contributed by atoms with Gasteiger partial charge in [0.05, 0.1) is 14.2 Å². The lowest BCUT2D eigenvalue weighted by Crippen LogP contribution is -2.47. The summed E-state index contributed by atoms with van der Waals surface area (Å²) in [5.41, 5.74) is 0.00692. The molecule has 0 radical (unpaired) electrons. The summed E-state index contributed by atoms with van der Waals surface area (Å²) in [6.45, 7) is 6.67. The van der Waals surface area contributed by atoms with Crippen LogP contribution in [0.2, 0.25) is 0 Å². The van der Waals surface area contributed by atoms with Gasteiger partial charge in [-0.05, 0) is 51.8 Å². The number of amides is 2. The van der Waals surface area contributed by atoms with Gasteiger partial charge in [0.25, 0.3) is 5.91 Å². The second-order valence-corrected chi connectivity index (χ2v) is 7.28. The maximum atomic E-state index is 12.5. The molecular formula is C19H28N2O5. The van der Waals surface area contributed by atoms with Gasteiger partial charge in [-0.3, -0.25) is 4.79 Å². The molecule has 1 saturated heterocycles. The maximum absolute atomic E-state index is 12.5. The third-order valence-electron chi connectivity index (χ3n) is 4.13. The molecule has 1 aliphatic heterocycles. The highest BCUT2D eigenvalue weighted by molar-refractivity contribution is 5.95. The summed E-state index contributed by atoms with van der Waals surface area (Å²) < 4.78 is 15.8. The van der Waals surface area contributed by atoms with Crippen molar-refractivity contribution in [3.05, 3.63) is 23.8 Å². The van der Waals surface area contributed by atoms with Gasteiger partial charge in [-0.15, -0.1) is 0 Å². The molecule has 2 rings (SSSR count). The molecular weight excluding hydrogens is 336 g/mol. The lowest BCUT2D eigenvalue weighted by Gasteiger charge is -2.33. The molecule has 7 heteroatoms. The highest BCUT2D eigenvalue weighted by Crippen LogP contribution is 2.27. The minimum Gasteiger partial charge on any atom is -0.493 e. The third-order valence-corrected chi connectivity index (χ3v) is 4.13. The summed E-state index contributed by atoms with van der Waals surface area (Å²) >= 11 is 0. The minimum atomic E-state index is -0.504. The second-order valence-electron chi connectivity index (χ2n) is 7.28. The quantitative estimate of drug-likeness (QED) is 0.889. The standard InChI is InChI=1S/C19H28N2O5/c1-19(2,3)26-18(23)21-10-8-14(9-11-21)20-17(22)13-6-7-15(24-4)16(12-13)25-5/h6-7,12,14H,8-11H2,1-5H3,(H,20,22). The Morgan fingerprint density at radius 3 is 2.23 bits per heavy atom. The molecule has 0 spiro atoms. The number of rotatable bonds is 4. The highest BCUT2D eigenvalue weighted by atomic mass is 16.6. The van der Waals surface area contributed by atoms with Crippen molar-refractivity contribution in [1.82, 2.24) is 10.2 Å². The van der Waals surface area contributed by atoms with Crippen LogP contribution in [0.25, 0.3) is 0 Å². The fourth-order valence-electron chi connectivity index (χ4n) is 2.78. The number of piperidine rings is 1. The zero-order valence-corrected chi connectivity index (χ0v) is 16.1. The van der Waals surface area contributed by atoms with E-state index in [0.717, 1.165) is 0 Å². The summed E-state index contributed by atoms with van der Waals surface area (Å²) in [5, 5.41) is 3.02. The molecule has 1 aliphatic rings. The normalized spacial score (nSPS) is 15.3. The Balaban J connectivity index is 1.89. The van der Waals surface area contributed by atoms with Crippen molar-refractivity contribution in [2.75, 3.05) is 27.3 Å². The van der Waals surface area contributed by atoms with Crippen molar-refractivity contribution >= 4 is 12.0 Å². The first-order valence-electron chi connectivity index (χ1n) is 8.74. The van der Waals surface area contributed by atoms with Crippen molar-refractivity contribution < 1.29 is 23.8 Å². The molecule has 144 valence electrons. The predicted molar refractivity (Wildman–Crippen MR) is 97.8 cm³/mol. The molecule has 0 aliphatic carbocycles. The van der Waals surface area contributed by atoms with E-state index in [0.29, 0.717) is 43.0 Å². The van der Waals surface area contributed by atoms with Gasteiger partial charge >= 0.3 is 6.09 Å². The zero-order chi connectivity index (χ0) is 19.3. The van der Waals surface area contributed by atoms with Crippen LogP contribution in [0.5, 0.6) is 11.5 Å². The molecule has 26 heavy (non-hydrogen) atoms. The molecule has 0 unspecified atom stereocenters. The van der Waals surface area contributed by atoms with Gasteiger partial charge in [-0.1, -0.05) is 0 Å². The van der Waals surface area contributed by atoms with Crippen LogP contribution in [-0.2, 0) is 4.74 Å². The minimum absolute atomic E-state index is 0.0225. The summed E-state index contributed by atoms with van der Waals surface area (Å²) in [6.07, 6.45) is 1.08. The van der Waals surface area contributed by atoms with Crippen LogP contribution >= 0.6 is 0 Å². The zero-order valence-electron chi connectivity index (χ0n) is 16.1. The Hall–Kier alpha value is -2.44. The van der Waals surface area contributed by atoms with Gasteiger partial charge in [0.1, 0.15) is 5.60 Å². The van der Waals surface area contributed by atoms with Gasteiger partial charge in [0.15, 0.2) is 11.5 Å². The molecule has 1 aromatic carbocycles. The molecule has 0 atom stereocenters. The topological polar surface area (TPSA) is 77.1 Å². The van der Waals surface area contributed by atoms with Crippen LogP contribution in [0.1, 0.15) is 44.0 Å². The van der Waals surface area contributed by atoms with E-state index >= 15 is 0 Å². The van der Waals surface area contributed by atoms with Crippen LogP contribution in [0, 0.1) is 0 Å². The first-order chi connectivity index (χ1) is 12.2. The Bertz CT molecular complexity index is 646. The van der Waals surface area contributed by atoms with Crippen molar-refractivity contribution in [2.24, 2.45) is 0 Å². The van der Waals surface area contributed by atoms with Crippen LogP contribution in [-0.4, -0.2) is 55.9 Å². The number of likely N-dealkylation sites (tertiary alicyclic amines) is 1. The molecule has 0 aromatic heterocycles. The number of nitrogens with one attached hydrogen (secondary N) is 1. The van der Waals surface area contributed by atoms with E-state index in [1.807, 2.05) is 20.8 Å². The largest absolute Gasteiger partial charge is 0.493 e. The average Bonchev–Trinajstić information content (AvgIpc) is 2.60. The molecule has 1 fully saturated rings. The van der Waals surface area contributed by atoms with E-state index < -0.39 is 5.60 Å². The van der Waals surface area contributed by atoms with E-state index in [2.05, 4.69) is 5.32 Å². The van der Waals surface area contributed by atoms with E-state index in [9.17, 15) is 9.59 Å². The lowest BCUT2D eigenvalue weighted by molar-refractivity contribution is 0.0199. The first kappa shape index (κ1) is 19.9. The van der Waals surface area contributed by atoms with E-state index in [1.54, 1.807) is 30.2 Å². The second kappa shape index (κ2) is 8.29. The number of hydrogen-bond donors (Lipinski definition) is 1. The van der Waals surface area contributed by atoms with Gasteiger partial charge < -0.3 is 24.4 Å². The van der Waals surface area contributed by atoms with Crippen molar-refractivity contribution in [3.8, 4) is 11.5 Å². The number of benzene rings is 1. The average molecular weight is 364 g/mol. The molecule has 1 heterocycles. The van der Waals surface area contributed by atoms with Gasteiger partial charge in [0, 0.05) is 24.7 Å². The Morgan fingerprint density at radius 2 is 1.69 bits per heavy atom. The van der Waals surface area contributed by atoms with Gasteiger partial charge in [0.2, 0.25) is 0 Å². The van der Waals surface area contributed by atoms with Crippen molar-refractivity contribution in [3.63, 3.8) is 0 Å². The number of carbonyl (C=O) groups is 2. The summed E-state index contributed by atoms with van der Waals surface area (Å²) in [4.78, 5) is 26.2. The van der Waals surface area contributed by atoms with Crippen molar-refractivity contribution in [1.29, 1.82) is 0 Å². The van der Waals surface area contributed by atoms with Crippen LogP contribution in [0.3, 0.4) is 0 Å². The molecule has 7 nitrogen and oxygen atoms in total. The monoisotopic (exact) mass is 364 g/mol. The van der Waals surface area contributed by atoms with Gasteiger partial charge in [-0.25, -0.2) is 4.79 Å². The van der Waals surface area contributed by atoms with Crippen molar-refractivity contribution in [2.45, 2.75) is 45.3 Å². The number of nitrogens with zero attached hydrogens (tertiary/aromatic N) is 1. The van der Waals surface area contributed by atoms with Crippen LogP contribution in [0.4, 0.5) is 4.79 Å². The Kier molecular flexibility index (Phi) is 6.34. The Morgan fingerprint density at radius 1 is 1.08 bits per heavy atom. The maximum Gasteiger partial charge on any atom is 0.410 e. The molecule has 0 bridgehead atoms. The summed E-state index contributed by atoms with van der Waals surface area (Å²) in [7, 11) is 3.09. The van der Waals surface area contributed by atoms with E-state index in [4.69, 9.17) is 14.2 Å². The number of methoxy groups -OCH3 is 2.